The number of imidazole rings is 1. The Hall–Kier alpha value is -0.870. The molecule has 0 aliphatic heterocycles. The predicted molar refractivity (Wildman–Crippen MR) is 65.2 cm³/mol. The van der Waals surface area contributed by atoms with E-state index in [0.29, 0.717) is 5.92 Å². The van der Waals surface area contributed by atoms with Gasteiger partial charge in [-0.2, -0.15) is 0 Å². The fraction of sp³-hybridized carbons (Fsp3) is 0.750. The summed E-state index contributed by atoms with van der Waals surface area (Å²) in [6.07, 6.45) is 4.65. The van der Waals surface area contributed by atoms with Crippen molar-refractivity contribution in [2.75, 3.05) is 7.11 Å². The van der Waals surface area contributed by atoms with Crippen LogP contribution in [0.15, 0.2) is 12.4 Å². The zero-order valence-electron chi connectivity index (χ0n) is 10.7. The molecule has 0 fully saturated rings. The Labute approximate surface area is 97.8 Å². The van der Waals surface area contributed by atoms with E-state index in [1.165, 1.54) is 0 Å². The van der Waals surface area contributed by atoms with Crippen molar-refractivity contribution in [3.63, 3.8) is 0 Å². The van der Waals surface area contributed by atoms with Gasteiger partial charge in [-0.25, -0.2) is 4.98 Å². The van der Waals surface area contributed by atoms with Crippen LogP contribution in [0.4, 0.5) is 0 Å². The van der Waals surface area contributed by atoms with Gasteiger partial charge >= 0.3 is 0 Å². The molecule has 0 bridgehead atoms. The van der Waals surface area contributed by atoms with Gasteiger partial charge in [-0.1, -0.05) is 13.8 Å². The topological polar surface area (TPSA) is 53.1 Å². The number of nitrogens with zero attached hydrogens (tertiary/aromatic N) is 2. The van der Waals surface area contributed by atoms with Gasteiger partial charge in [-0.3, -0.25) is 0 Å². The minimum atomic E-state index is -0.00213. The molecule has 4 nitrogen and oxygen atoms in total. The highest BCUT2D eigenvalue weighted by molar-refractivity contribution is 4.96. The summed E-state index contributed by atoms with van der Waals surface area (Å²) < 4.78 is 7.55. The lowest BCUT2D eigenvalue weighted by Crippen LogP contribution is -2.41. The molecule has 0 saturated carbocycles. The van der Waals surface area contributed by atoms with E-state index in [-0.39, 0.29) is 12.1 Å². The van der Waals surface area contributed by atoms with Crippen molar-refractivity contribution in [1.82, 2.24) is 9.55 Å². The van der Waals surface area contributed by atoms with Crippen LogP contribution in [0.1, 0.15) is 26.6 Å². The van der Waals surface area contributed by atoms with E-state index in [4.69, 9.17) is 10.5 Å². The summed E-state index contributed by atoms with van der Waals surface area (Å²) in [4.78, 5) is 4.33. The third-order valence-corrected chi connectivity index (χ3v) is 2.91. The Morgan fingerprint density at radius 3 is 2.69 bits per heavy atom. The van der Waals surface area contributed by atoms with Gasteiger partial charge in [-0.05, 0) is 12.8 Å². The van der Waals surface area contributed by atoms with Crippen molar-refractivity contribution < 1.29 is 4.74 Å². The molecule has 0 aliphatic rings. The molecule has 16 heavy (non-hydrogen) atoms. The van der Waals surface area contributed by atoms with Crippen LogP contribution in [0.25, 0.3) is 0 Å². The highest BCUT2D eigenvalue weighted by Crippen LogP contribution is 2.12. The smallest absolute Gasteiger partial charge is 0.110 e. The third kappa shape index (κ3) is 3.06. The second-order valence-corrected chi connectivity index (χ2v) is 4.44. The van der Waals surface area contributed by atoms with Crippen LogP contribution in [-0.4, -0.2) is 28.8 Å². The van der Waals surface area contributed by atoms with Crippen LogP contribution >= 0.6 is 0 Å². The van der Waals surface area contributed by atoms with Crippen molar-refractivity contribution in [2.45, 2.75) is 45.9 Å². The molecule has 1 aromatic rings. The first-order valence-electron chi connectivity index (χ1n) is 5.88. The maximum absolute atomic E-state index is 6.17. The molecule has 1 rings (SSSR count). The average Bonchev–Trinajstić information content (AvgIpc) is 2.65. The van der Waals surface area contributed by atoms with Crippen molar-refractivity contribution in [3.8, 4) is 0 Å². The molecule has 4 heteroatoms. The summed E-state index contributed by atoms with van der Waals surface area (Å²) in [5.74, 6) is 1.46. The highest BCUT2D eigenvalue weighted by Gasteiger charge is 2.22. The molecule has 2 N–H and O–H groups in total. The van der Waals surface area contributed by atoms with Gasteiger partial charge in [0, 0.05) is 38.5 Å². The minimum absolute atomic E-state index is 0.00213. The van der Waals surface area contributed by atoms with Crippen LogP contribution in [0.2, 0.25) is 0 Å². The number of methoxy groups -OCH3 is 1. The number of nitrogens with two attached hydrogens (primary N) is 1. The molecule has 0 amide bonds. The van der Waals surface area contributed by atoms with E-state index in [2.05, 4.69) is 30.3 Å². The number of rotatable bonds is 6. The standard InChI is InChI=1S/C12H23N3O/c1-5-15-7-6-14-11(15)8-10(13)12(16-4)9(2)3/h6-7,9-10,12H,5,8,13H2,1-4H3. The highest BCUT2D eigenvalue weighted by atomic mass is 16.5. The number of ether oxygens (including phenoxy) is 1. The molecule has 0 radical (unpaired) electrons. The number of aryl methyl sites for hydroxylation is 1. The SMILES string of the molecule is CCn1ccnc1CC(N)C(OC)C(C)C. The molecule has 0 aliphatic carbocycles. The fourth-order valence-electron chi connectivity index (χ4n) is 2.09. The Morgan fingerprint density at radius 2 is 2.19 bits per heavy atom. The monoisotopic (exact) mass is 225 g/mol. The third-order valence-electron chi connectivity index (χ3n) is 2.91. The van der Waals surface area contributed by atoms with Gasteiger partial charge in [-0.15, -0.1) is 0 Å². The van der Waals surface area contributed by atoms with Gasteiger partial charge in [0.15, 0.2) is 0 Å². The second-order valence-electron chi connectivity index (χ2n) is 4.44. The summed E-state index contributed by atoms with van der Waals surface area (Å²) >= 11 is 0. The van der Waals surface area contributed by atoms with Crippen molar-refractivity contribution >= 4 is 0 Å². The van der Waals surface area contributed by atoms with E-state index in [1.54, 1.807) is 7.11 Å². The van der Waals surface area contributed by atoms with Crippen LogP contribution in [0.5, 0.6) is 0 Å². The quantitative estimate of drug-likeness (QED) is 0.797. The Bertz CT molecular complexity index is 309. The minimum Gasteiger partial charge on any atom is -0.380 e. The Balaban J connectivity index is 2.66. The molecule has 0 saturated heterocycles. The van der Waals surface area contributed by atoms with Crippen molar-refractivity contribution in [2.24, 2.45) is 11.7 Å². The molecule has 0 spiro atoms. The summed E-state index contributed by atoms with van der Waals surface area (Å²) in [6, 6.07) is -0.00213. The Kier molecular flexibility index (Phi) is 4.96. The van der Waals surface area contributed by atoms with Gasteiger partial charge in [0.05, 0.1) is 6.10 Å². The lowest BCUT2D eigenvalue weighted by Gasteiger charge is -2.25. The first-order chi connectivity index (χ1) is 7.60. The predicted octanol–water partition coefficient (Wildman–Crippen LogP) is 1.44. The molecule has 0 aromatic carbocycles. The van der Waals surface area contributed by atoms with Crippen molar-refractivity contribution in [1.29, 1.82) is 0 Å². The first kappa shape index (κ1) is 13.2. The van der Waals surface area contributed by atoms with Crippen molar-refractivity contribution in [3.05, 3.63) is 18.2 Å². The molecule has 2 unspecified atom stereocenters. The lowest BCUT2D eigenvalue weighted by atomic mass is 9.97. The van der Waals surface area contributed by atoms with Crippen LogP contribution in [0.3, 0.4) is 0 Å². The first-order valence-corrected chi connectivity index (χ1v) is 5.88. The molecular weight excluding hydrogens is 202 g/mol. The number of aromatic nitrogens is 2. The van der Waals surface area contributed by atoms with Crippen LogP contribution < -0.4 is 5.73 Å². The lowest BCUT2D eigenvalue weighted by molar-refractivity contribution is 0.0434. The molecule has 2 atom stereocenters. The molecular formula is C12H23N3O. The maximum atomic E-state index is 6.17. The molecule has 92 valence electrons. The van der Waals surface area contributed by atoms with Crippen LogP contribution in [0, 0.1) is 5.92 Å². The van der Waals surface area contributed by atoms with Gasteiger partial charge in [0.25, 0.3) is 0 Å². The van der Waals surface area contributed by atoms with Crippen LogP contribution in [-0.2, 0) is 17.7 Å². The maximum Gasteiger partial charge on any atom is 0.110 e. The number of hydrogen-bond acceptors (Lipinski definition) is 3. The number of hydrogen-bond donors (Lipinski definition) is 1. The summed E-state index contributed by atoms with van der Waals surface area (Å²) in [5, 5.41) is 0. The normalized spacial score (nSPS) is 15.4. The van der Waals surface area contributed by atoms with E-state index < -0.39 is 0 Å². The average molecular weight is 225 g/mol. The van der Waals surface area contributed by atoms with E-state index in [0.717, 1.165) is 18.8 Å². The summed E-state index contributed by atoms with van der Waals surface area (Å²) in [6.45, 7) is 7.29. The summed E-state index contributed by atoms with van der Waals surface area (Å²) in [5.41, 5.74) is 6.17. The van der Waals surface area contributed by atoms with Gasteiger partial charge in [0.1, 0.15) is 5.82 Å². The molecule has 1 heterocycles. The largest absolute Gasteiger partial charge is 0.380 e. The zero-order chi connectivity index (χ0) is 12.1. The zero-order valence-corrected chi connectivity index (χ0v) is 10.7. The van der Waals surface area contributed by atoms with E-state index in [9.17, 15) is 0 Å². The summed E-state index contributed by atoms with van der Waals surface area (Å²) in [7, 11) is 1.72. The molecule has 1 aromatic heterocycles. The van der Waals surface area contributed by atoms with Gasteiger partial charge < -0.3 is 15.0 Å². The fourth-order valence-corrected chi connectivity index (χ4v) is 2.09. The second kappa shape index (κ2) is 6.01. The Morgan fingerprint density at radius 1 is 1.50 bits per heavy atom. The van der Waals surface area contributed by atoms with Gasteiger partial charge in [0.2, 0.25) is 0 Å². The van der Waals surface area contributed by atoms with E-state index >= 15 is 0 Å². The van der Waals surface area contributed by atoms with E-state index in [1.807, 2.05) is 12.4 Å².